The molecule has 1 aromatic heterocycles. The van der Waals surface area contributed by atoms with Gasteiger partial charge in [0.2, 0.25) is 0 Å². The standard InChI is InChI=1S/C19H22ClNO2/c20-17-8-6-15(7-9-17)12-21-13-18(10-11-19(21)22)23-14-16-4-2-1-3-5-16/h6-11,13,16H,1-5,12,14H2. The molecule has 0 radical (unpaired) electrons. The molecule has 0 N–H and O–H groups in total. The zero-order chi connectivity index (χ0) is 16.1. The van der Waals surface area contributed by atoms with Crippen LogP contribution in [0.2, 0.25) is 5.02 Å². The van der Waals surface area contributed by atoms with E-state index >= 15 is 0 Å². The minimum atomic E-state index is -0.0232. The minimum absolute atomic E-state index is 0.0232. The van der Waals surface area contributed by atoms with Crippen LogP contribution >= 0.6 is 11.6 Å². The van der Waals surface area contributed by atoms with Gasteiger partial charge in [-0.25, -0.2) is 0 Å². The molecule has 1 aliphatic carbocycles. The molecule has 1 aliphatic rings. The van der Waals surface area contributed by atoms with E-state index in [0.717, 1.165) is 17.9 Å². The second-order valence-electron chi connectivity index (χ2n) is 6.27. The minimum Gasteiger partial charge on any atom is -0.492 e. The second kappa shape index (κ2) is 7.69. The molecule has 0 spiro atoms. The van der Waals surface area contributed by atoms with Crippen LogP contribution in [0, 0.1) is 5.92 Å². The molecule has 122 valence electrons. The van der Waals surface area contributed by atoms with Gasteiger partial charge in [0.05, 0.1) is 13.2 Å². The highest BCUT2D eigenvalue weighted by atomic mass is 35.5. The number of nitrogens with zero attached hydrogens (tertiary/aromatic N) is 1. The van der Waals surface area contributed by atoms with Crippen molar-refractivity contribution in [3.63, 3.8) is 0 Å². The van der Waals surface area contributed by atoms with Crippen LogP contribution in [0.1, 0.15) is 37.7 Å². The molecule has 1 saturated carbocycles. The summed E-state index contributed by atoms with van der Waals surface area (Å²) >= 11 is 5.90. The summed E-state index contributed by atoms with van der Waals surface area (Å²) in [6.45, 7) is 1.27. The number of hydrogen-bond donors (Lipinski definition) is 0. The maximum Gasteiger partial charge on any atom is 0.251 e. The molecule has 0 bridgehead atoms. The van der Waals surface area contributed by atoms with Gasteiger partial charge in [-0.2, -0.15) is 0 Å². The Morgan fingerprint density at radius 3 is 2.52 bits per heavy atom. The summed E-state index contributed by atoms with van der Waals surface area (Å²) in [4.78, 5) is 12.0. The number of benzene rings is 1. The van der Waals surface area contributed by atoms with Gasteiger partial charge < -0.3 is 9.30 Å². The predicted octanol–water partition coefficient (Wildman–Crippen LogP) is 4.51. The Hall–Kier alpha value is -1.74. The molecular formula is C19H22ClNO2. The van der Waals surface area contributed by atoms with Crippen LogP contribution in [-0.2, 0) is 6.54 Å². The van der Waals surface area contributed by atoms with E-state index in [1.54, 1.807) is 22.9 Å². The van der Waals surface area contributed by atoms with E-state index in [1.807, 2.05) is 24.3 Å². The molecule has 0 saturated heterocycles. The quantitative estimate of drug-likeness (QED) is 0.807. The Balaban J connectivity index is 1.66. The van der Waals surface area contributed by atoms with E-state index < -0.39 is 0 Å². The van der Waals surface area contributed by atoms with Crippen molar-refractivity contribution in [3.05, 3.63) is 63.5 Å². The molecule has 1 aromatic carbocycles. The lowest BCUT2D eigenvalue weighted by atomic mass is 9.90. The van der Waals surface area contributed by atoms with Gasteiger partial charge in [-0.15, -0.1) is 0 Å². The number of hydrogen-bond acceptors (Lipinski definition) is 2. The fourth-order valence-electron chi connectivity index (χ4n) is 3.07. The molecule has 2 aromatic rings. The first-order valence-electron chi connectivity index (χ1n) is 8.28. The fourth-order valence-corrected chi connectivity index (χ4v) is 3.20. The van der Waals surface area contributed by atoms with E-state index in [2.05, 4.69) is 0 Å². The molecule has 3 rings (SSSR count). The van der Waals surface area contributed by atoms with Gasteiger partial charge in [-0.05, 0) is 42.5 Å². The van der Waals surface area contributed by atoms with Crippen LogP contribution in [0.25, 0.3) is 0 Å². The first-order valence-corrected chi connectivity index (χ1v) is 8.66. The molecule has 23 heavy (non-hydrogen) atoms. The Morgan fingerprint density at radius 2 is 1.78 bits per heavy atom. The summed E-state index contributed by atoms with van der Waals surface area (Å²) in [6, 6.07) is 10.9. The van der Waals surface area contributed by atoms with Gasteiger partial charge in [0.1, 0.15) is 5.75 Å². The van der Waals surface area contributed by atoms with Crippen LogP contribution < -0.4 is 10.3 Å². The third kappa shape index (κ3) is 4.61. The lowest BCUT2D eigenvalue weighted by molar-refractivity contribution is 0.207. The topological polar surface area (TPSA) is 31.2 Å². The molecule has 4 heteroatoms. The number of aromatic nitrogens is 1. The van der Waals surface area contributed by atoms with Crippen LogP contribution in [0.4, 0.5) is 0 Å². The van der Waals surface area contributed by atoms with Crippen molar-refractivity contribution in [3.8, 4) is 5.75 Å². The third-order valence-corrected chi connectivity index (χ3v) is 4.68. The van der Waals surface area contributed by atoms with Gasteiger partial charge in [-0.3, -0.25) is 4.79 Å². The first kappa shape index (κ1) is 16.1. The summed E-state index contributed by atoms with van der Waals surface area (Å²) in [6.07, 6.45) is 8.28. The average Bonchev–Trinajstić information content (AvgIpc) is 2.58. The maximum absolute atomic E-state index is 12.0. The van der Waals surface area contributed by atoms with Crippen molar-refractivity contribution < 1.29 is 4.74 Å². The van der Waals surface area contributed by atoms with Crippen molar-refractivity contribution in [1.29, 1.82) is 0 Å². The predicted molar refractivity (Wildman–Crippen MR) is 93.3 cm³/mol. The van der Waals surface area contributed by atoms with Crippen LogP contribution in [-0.4, -0.2) is 11.2 Å². The van der Waals surface area contributed by atoms with Crippen molar-refractivity contribution in [2.24, 2.45) is 5.92 Å². The molecule has 3 nitrogen and oxygen atoms in total. The molecule has 0 amide bonds. The van der Waals surface area contributed by atoms with Crippen LogP contribution in [0.3, 0.4) is 0 Å². The summed E-state index contributed by atoms with van der Waals surface area (Å²) in [5, 5.41) is 0.700. The molecule has 0 unspecified atom stereocenters. The van der Waals surface area contributed by atoms with E-state index in [-0.39, 0.29) is 5.56 Å². The fraction of sp³-hybridized carbons (Fsp3) is 0.421. The summed E-state index contributed by atoms with van der Waals surface area (Å²) < 4.78 is 7.60. The lowest BCUT2D eigenvalue weighted by Crippen LogP contribution is -2.20. The maximum atomic E-state index is 12.0. The zero-order valence-corrected chi connectivity index (χ0v) is 14.0. The van der Waals surface area contributed by atoms with Crippen molar-refractivity contribution >= 4 is 11.6 Å². The van der Waals surface area contributed by atoms with Gasteiger partial charge in [0.15, 0.2) is 0 Å². The van der Waals surface area contributed by atoms with Crippen LogP contribution in [0.5, 0.6) is 5.75 Å². The highest BCUT2D eigenvalue weighted by Crippen LogP contribution is 2.24. The highest BCUT2D eigenvalue weighted by molar-refractivity contribution is 6.30. The Morgan fingerprint density at radius 1 is 1.04 bits per heavy atom. The van der Waals surface area contributed by atoms with E-state index in [1.165, 1.54) is 32.1 Å². The number of pyridine rings is 1. The van der Waals surface area contributed by atoms with Crippen LogP contribution in [0.15, 0.2) is 47.4 Å². The number of halogens is 1. The Kier molecular flexibility index (Phi) is 5.39. The summed E-state index contributed by atoms with van der Waals surface area (Å²) in [7, 11) is 0. The van der Waals surface area contributed by atoms with Crippen molar-refractivity contribution in [2.45, 2.75) is 38.6 Å². The summed E-state index contributed by atoms with van der Waals surface area (Å²) in [5.41, 5.74) is 1.02. The Labute approximate surface area is 141 Å². The number of rotatable bonds is 5. The zero-order valence-electron chi connectivity index (χ0n) is 13.2. The van der Waals surface area contributed by atoms with E-state index in [4.69, 9.17) is 16.3 Å². The highest BCUT2D eigenvalue weighted by Gasteiger charge is 2.14. The van der Waals surface area contributed by atoms with Gasteiger partial charge in [-0.1, -0.05) is 43.0 Å². The van der Waals surface area contributed by atoms with Crippen molar-refractivity contribution in [2.75, 3.05) is 6.61 Å². The lowest BCUT2D eigenvalue weighted by Gasteiger charge is -2.21. The molecular weight excluding hydrogens is 310 g/mol. The normalized spacial score (nSPS) is 15.5. The second-order valence-corrected chi connectivity index (χ2v) is 6.71. The molecule has 0 aliphatic heterocycles. The van der Waals surface area contributed by atoms with E-state index in [0.29, 0.717) is 17.5 Å². The largest absolute Gasteiger partial charge is 0.492 e. The van der Waals surface area contributed by atoms with E-state index in [9.17, 15) is 4.79 Å². The monoisotopic (exact) mass is 331 g/mol. The third-order valence-electron chi connectivity index (χ3n) is 4.43. The first-order chi connectivity index (χ1) is 11.2. The van der Waals surface area contributed by atoms with Crippen molar-refractivity contribution in [1.82, 2.24) is 4.57 Å². The SMILES string of the molecule is O=c1ccc(OCC2CCCCC2)cn1Cc1ccc(Cl)cc1. The van der Waals surface area contributed by atoms with Gasteiger partial charge >= 0.3 is 0 Å². The Bertz CT molecular complexity index is 687. The average molecular weight is 332 g/mol. The molecule has 0 atom stereocenters. The van der Waals surface area contributed by atoms with Gasteiger partial charge in [0.25, 0.3) is 5.56 Å². The molecule has 1 fully saturated rings. The molecule has 1 heterocycles. The van der Waals surface area contributed by atoms with Gasteiger partial charge in [0, 0.05) is 17.3 Å². The number of ether oxygens (including phenoxy) is 1. The summed E-state index contributed by atoms with van der Waals surface area (Å²) in [5.74, 6) is 1.42. The smallest absolute Gasteiger partial charge is 0.251 e.